The molecule has 0 aromatic heterocycles. The second-order valence-electron chi connectivity index (χ2n) is 5.34. The molecule has 0 saturated carbocycles. The van der Waals surface area contributed by atoms with Crippen LogP contribution in [0.3, 0.4) is 0 Å². The van der Waals surface area contributed by atoms with Crippen LogP contribution < -0.4 is 0 Å². The van der Waals surface area contributed by atoms with Gasteiger partial charge in [-0.3, -0.25) is 9.59 Å². The molecule has 1 atom stereocenters. The Bertz CT molecular complexity index is 304. The minimum atomic E-state index is -0.791. The zero-order chi connectivity index (χ0) is 14.3. The number of carbonyl (C=O) groups is 2. The van der Waals surface area contributed by atoms with Gasteiger partial charge in [0.25, 0.3) is 0 Å². The standard InChI is InChI=1S/C14H25NO4/c1-11(2)19-10-8-13(16)15-9-4-3-5-12(15)6-7-14(17)18/h11-12H,3-10H2,1-2H3,(H,17,18)/t12-/m1/s1. The Balaban J connectivity index is 2.41. The average Bonchev–Trinajstić information content (AvgIpc) is 2.36. The summed E-state index contributed by atoms with van der Waals surface area (Å²) < 4.78 is 5.40. The highest BCUT2D eigenvalue weighted by Crippen LogP contribution is 2.21. The highest BCUT2D eigenvalue weighted by Gasteiger charge is 2.26. The fourth-order valence-corrected chi connectivity index (χ4v) is 2.44. The predicted octanol–water partition coefficient (Wildman–Crippen LogP) is 2.05. The number of piperidine rings is 1. The van der Waals surface area contributed by atoms with E-state index in [9.17, 15) is 9.59 Å². The summed E-state index contributed by atoms with van der Waals surface area (Å²) in [5.74, 6) is -0.697. The third kappa shape index (κ3) is 6.05. The van der Waals surface area contributed by atoms with Crippen LogP contribution in [0.15, 0.2) is 0 Å². The van der Waals surface area contributed by atoms with Gasteiger partial charge in [-0.15, -0.1) is 0 Å². The zero-order valence-electron chi connectivity index (χ0n) is 11.9. The van der Waals surface area contributed by atoms with Crippen molar-refractivity contribution in [1.82, 2.24) is 4.90 Å². The number of carboxylic acids is 1. The number of carbonyl (C=O) groups excluding carboxylic acids is 1. The molecule has 5 heteroatoms. The van der Waals surface area contributed by atoms with Crippen LogP contribution in [0.5, 0.6) is 0 Å². The molecule has 1 aliphatic heterocycles. The lowest BCUT2D eigenvalue weighted by molar-refractivity contribution is -0.140. The maximum atomic E-state index is 12.1. The Labute approximate surface area is 114 Å². The zero-order valence-corrected chi connectivity index (χ0v) is 11.9. The van der Waals surface area contributed by atoms with Crippen molar-refractivity contribution in [3.8, 4) is 0 Å². The molecule has 0 bridgehead atoms. The van der Waals surface area contributed by atoms with Crippen molar-refractivity contribution < 1.29 is 19.4 Å². The lowest BCUT2D eigenvalue weighted by Crippen LogP contribution is -2.44. The molecule has 19 heavy (non-hydrogen) atoms. The van der Waals surface area contributed by atoms with Gasteiger partial charge in [0.1, 0.15) is 0 Å². The molecule has 1 saturated heterocycles. The molecule has 0 aromatic carbocycles. The molecule has 0 radical (unpaired) electrons. The summed E-state index contributed by atoms with van der Waals surface area (Å²) in [5.41, 5.74) is 0. The Morgan fingerprint density at radius 2 is 2.05 bits per heavy atom. The normalized spacial score (nSPS) is 19.7. The number of rotatable bonds is 7. The molecule has 1 amide bonds. The van der Waals surface area contributed by atoms with E-state index in [1.54, 1.807) is 0 Å². The molecule has 5 nitrogen and oxygen atoms in total. The number of hydrogen-bond donors (Lipinski definition) is 1. The van der Waals surface area contributed by atoms with E-state index in [4.69, 9.17) is 9.84 Å². The van der Waals surface area contributed by atoms with Crippen LogP contribution in [-0.2, 0) is 14.3 Å². The Morgan fingerprint density at radius 1 is 1.32 bits per heavy atom. The number of aliphatic carboxylic acids is 1. The van der Waals surface area contributed by atoms with Crippen LogP contribution in [-0.4, -0.2) is 47.2 Å². The van der Waals surface area contributed by atoms with Crippen LogP contribution in [0, 0.1) is 0 Å². The smallest absolute Gasteiger partial charge is 0.303 e. The fraction of sp³-hybridized carbons (Fsp3) is 0.857. The maximum absolute atomic E-state index is 12.1. The summed E-state index contributed by atoms with van der Waals surface area (Å²) in [6, 6.07) is 0.0939. The number of nitrogens with zero attached hydrogens (tertiary/aromatic N) is 1. The van der Waals surface area contributed by atoms with Crippen molar-refractivity contribution in [1.29, 1.82) is 0 Å². The Morgan fingerprint density at radius 3 is 2.68 bits per heavy atom. The molecule has 1 rings (SSSR count). The van der Waals surface area contributed by atoms with Crippen molar-refractivity contribution in [2.45, 2.75) is 64.5 Å². The molecule has 0 aliphatic carbocycles. The monoisotopic (exact) mass is 271 g/mol. The molecule has 0 spiro atoms. The number of ether oxygens (including phenoxy) is 1. The van der Waals surface area contributed by atoms with Crippen LogP contribution in [0.2, 0.25) is 0 Å². The van der Waals surface area contributed by atoms with Crippen molar-refractivity contribution >= 4 is 11.9 Å². The van der Waals surface area contributed by atoms with E-state index in [1.165, 1.54) is 0 Å². The first-order valence-corrected chi connectivity index (χ1v) is 7.13. The van der Waals surface area contributed by atoms with E-state index in [2.05, 4.69) is 0 Å². The SMILES string of the molecule is CC(C)OCCC(=O)N1CCCC[C@@H]1CCC(=O)O. The van der Waals surface area contributed by atoms with Crippen LogP contribution in [0.4, 0.5) is 0 Å². The lowest BCUT2D eigenvalue weighted by atomic mass is 9.97. The summed E-state index contributed by atoms with van der Waals surface area (Å²) in [4.78, 5) is 24.6. The third-order valence-electron chi connectivity index (χ3n) is 3.41. The van der Waals surface area contributed by atoms with Gasteiger partial charge in [0.15, 0.2) is 0 Å². The van der Waals surface area contributed by atoms with Gasteiger partial charge in [-0.25, -0.2) is 0 Å². The highest BCUT2D eigenvalue weighted by atomic mass is 16.5. The summed E-state index contributed by atoms with van der Waals surface area (Å²) in [5, 5.41) is 8.75. The maximum Gasteiger partial charge on any atom is 0.303 e. The molecule has 1 heterocycles. The van der Waals surface area contributed by atoms with Crippen molar-refractivity contribution in [2.75, 3.05) is 13.2 Å². The van der Waals surface area contributed by atoms with Gasteiger partial charge in [-0.05, 0) is 39.5 Å². The van der Waals surface area contributed by atoms with Gasteiger partial charge in [0.2, 0.25) is 5.91 Å². The van der Waals surface area contributed by atoms with Crippen LogP contribution >= 0.6 is 0 Å². The van der Waals surface area contributed by atoms with Gasteiger partial charge < -0.3 is 14.7 Å². The van der Waals surface area contributed by atoms with E-state index in [0.29, 0.717) is 19.4 Å². The second-order valence-corrected chi connectivity index (χ2v) is 5.34. The van der Waals surface area contributed by atoms with Crippen LogP contribution in [0.25, 0.3) is 0 Å². The van der Waals surface area contributed by atoms with Crippen molar-refractivity contribution in [2.24, 2.45) is 0 Å². The topological polar surface area (TPSA) is 66.8 Å². The number of amides is 1. The molecule has 1 fully saturated rings. The molecule has 110 valence electrons. The molecule has 1 N–H and O–H groups in total. The van der Waals surface area contributed by atoms with Gasteiger partial charge in [-0.1, -0.05) is 0 Å². The van der Waals surface area contributed by atoms with Gasteiger partial charge in [-0.2, -0.15) is 0 Å². The lowest BCUT2D eigenvalue weighted by Gasteiger charge is -2.35. The Hall–Kier alpha value is -1.10. The van der Waals surface area contributed by atoms with E-state index >= 15 is 0 Å². The average molecular weight is 271 g/mol. The largest absolute Gasteiger partial charge is 0.481 e. The fourth-order valence-electron chi connectivity index (χ4n) is 2.44. The summed E-state index contributed by atoms with van der Waals surface area (Å²) in [6.07, 6.45) is 4.24. The van der Waals surface area contributed by atoms with E-state index in [1.807, 2.05) is 18.7 Å². The second kappa shape index (κ2) is 8.15. The van der Waals surface area contributed by atoms with Gasteiger partial charge in [0.05, 0.1) is 19.1 Å². The van der Waals surface area contributed by atoms with Gasteiger partial charge in [0, 0.05) is 19.0 Å². The summed E-state index contributed by atoms with van der Waals surface area (Å²) in [7, 11) is 0. The number of likely N-dealkylation sites (tertiary alicyclic amines) is 1. The molecular formula is C14H25NO4. The highest BCUT2D eigenvalue weighted by molar-refractivity contribution is 5.76. The first-order valence-electron chi connectivity index (χ1n) is 7.13. The van der Waals surface area contributed by atoms with E-state index in [0.717, 1.165) is 25.8 Å². The van der Waals surface area contributed by atoms with E-state index in [-0.39, 0.29) is 24.5 Å². The quantitative estimate of drug-likeness (QED) is 0.769. The number of hydrogen-bond acceptors (Lipinski definition) is 3. The Kier molecular flexibility index (Phi) is 6.84. The molecular weight excluding hydrogens is 246 g/mol. The first kappa shape index (κ1) is 16.0. The molecule has 0 aromatic rings. The molecule has 1 aliphatic rings. The van der Waals surface area contributed by atoms with E-state index < -0.39 is 5.97 Å². The predicted molar refractivity (Wildman–Crippen MR) is 71.9 cm³/mol. The minimum absolute atomic E-state index is 0.0933. The molecule has 0 unspecified atom stereocenters. The van der Waals surface area contributed by atoms with Crippen molar-refractivity contribution in [3.63, 3.8) is 0 Å². The minimum Gasteiger partial charge on any atom is -0.481 e. The first-order chi connectivity index (χ1) is 9.00. The van der Waals surface area contributed by atoms with Crippen molar-refractivity contribution in [3.05, 3.63) is 0 Å². The number of carboxylic acid groups (broad SMARTS) is 1. The third-order valence-corrected chi connectivity index (χ3v) is 3.41. The van der Waals surface area contributed by atoms with Gasteiger partial charge >= 0.3 is 5.97 Å². The summed E-state index contributed by atoms with van der Waals surface area (Å²) in [6.45, 7) is 5.09. The summed E-state index contributed by atoms with van der Waals surface area (Å²) >= 11 is 0. The van der Waals surface area contributed by atoms with Crippen LogP contribution in [0.1, 0.15) is 52.4 Å².